The van der Waals surface area contributed by atoms with Gasteiger partial charge in [0, 0.05) is 5.92 Å². The number of carbonyl (C=O) groups excluding carboxylic acids is 2. The molecule has 0 bridgehead atoms. The van der Waals surface area contributed by atoms with Crippen LogP contribution in [0.2, 0.25) is 0 Å². The average molecular weight is 477 g/mol. The fraction of sp³-hybridized carbons (Fsp3) is 0.292. The standard InChI is InChI=1S/C24H23N5O6/c30-21(28-13-24(34,14-28)22(31)32)11-29-10-15(26-27-29)9-25-23(33)35-12-20-18-7-3-1-5-16(18)17-6-2-4-8-19(17)20/h1-8,10,20,34H,9,11-14H2,(H,25,33)(H,31,32). The van der Waals surface area contributed by atoms with Crippen LogP contribution in [0.5, 0.6) is 0 Å². The zero-order chi connectivity index (χ0) is 24.6. The van der Waals surface area contributed by atoms with Gasteiger partial charge in [-0.1, -0.05) is 53.7 Å². The number of rotatable bonds is 7. The first-order chi connectivity index (χ1) is 16.8. The minimum Gasteiger partial charge on any atom is -0.479 e. The van der Waals surface area contributed by atoms with Crippen molar-refractivity contribution in [2.24, 2.45) is 0 Å². The SMILES string of the molecule is O=C(NCc1cn(CC(=O)N2CC(O)(C(=O)O)C2)nn1)OCC1c2ccccc2-c2ccccc21. The van der Waals surface area contributed by atoms with Crippen molar-refractivity contribution in [3.8, 4) is 11.1 Å². The van der Waals surface area contributed by atoms with Crippen molar-refractivity contribution >= 4 is 18.0 Å². The van der Waals surface area contributed by atoms with Gasteiger partial charge in [0.05, 0.1) is 25.8 Å². The van der Waals surface area contributed by atoms with Gasteiger partial charge in [-0.25, -0.2) is 14.3 Å². The Hall–Kier alpha value is -4.25. The average Bonchev–Trinajstić information content (AvgIpc) is 3.41. The van der Waals surface area contributed by atoms with Crippen LogP contribution in [-0.4, -0.2) is 73.4 Å². The second-order valence-corrected chi connectivity index (χ2v) is 8.67. The van der Waals surface area contributed by atoms with Crippen molar-refractivity contribution in [3.63, 3.8) is 0 Å². The molecule has 2 heterocycles. The Balaban J connectivity index is 1.11. The third-order valence-electron chi connectivity index (χ3n) is 6.30. The van der Waals surface area contributed by atoms with E-state index in [-0.39, 0.29) is 38.7 Å². The van der Waals surface area contributed by atoms with E-state index >= 15 is 0 Å². The molecule has 11 nitrogen and oxygen atoms in total. The number of hydrogen-bond acceptors (Lipinski definition) is 7. The van der Waals surface area contributed by atoms with Gasteiger partial charge in [-0.15, -0.1) is 5.10 Å². The number of likely N-dealkylation sites (tertiary alicyclic amines) is 1. The normalized spacial score (nSPS) is 15.6. The van der Waals surface area contributed by atoms with Crippen molar-refractivity contribution in [1.29, 1.82) is 0 Å². The Morgan fingerprint density at radius 2 is 1.69 bits per heavy atom. The summed E-state index contributed by atoms with van der Waals surface area (Å²) in [7, 11) is 0. The summed E-state index contributed by atoms with van der Waals surface area (Å²) < 4.78 is 6.77. The van der Waals surface area contributed by atoms with E-state index in [1.807, 2.05) is 36.4 Å². The van der Waals surface area contributed by atoms with E-state index in [0.29, 0.717) is 5.69 Å². The van der Waals surface area contributed by atoms with Gasteiger partial charge in [0.25, 0.3) is 0 Å². The molecule has 0 atom stereocenters. The maximum atomic E-state index is 12.3. The van der Waals surface area contributed by atoms with E-state index in [1.54, 1.807) is 0 Å². The maximum absolute atomic E-state index is 12.3. The van der Waals surface area contributed by atoms with Gasteiger partial charge >= 0.3 is 12.1 Å². The summed E-state index contributed by atoms with van der Waals surface area (Å²) in [6.45, 7) is -0.446. The number of ether oxygens (including phenoxy) is 1. The van der Waals surface area contributed by atoms with Gasteiger partial charge in [0.15, 0.2) is 5.60 Å². The summed E-state index contributed by atoms with van der Waals surface area (Å²) in [5.41, 5.74) is 3.08. The van der Waals surface area contributed by atoms with E-state index in [9.17, 15) is 19.5 Å². The summed E-state index contributed by atoms with van der Waals surface area (Å²) in [4.78, 5) is 36.7. The Bertz CT molecular complexity index is 1250. The van der Waals surface area contributed by atoms with Crippen LogP contribution >= 0.6 is 0 Å². The molecule has 5 rings (SSSR count). The zero-order valence-electron chi connectivity index (χ0n) is 18.6. The second-order valence-electron chi connectivity index (χ2n) is 8.67. The number of benzene rings is 2. The van der Waals surface area contributed by atoms with Gasteiger partial charge < -0.3 is 25.2 Å². The lowest BCUT2D eigenvalue weighted by atomic mass is 9.94. The molecular formula is C24H23N5O6. The molecule has 1 aliphatic heterocycles. The van der Waals surface area contributed by atoms with Crippen LogP contribution in [0, 0.1) is 0 Å². The number of aromatic nitrogens is 3. The van der Waals surface area contributed by atoms with Crippen molar-refractivity contribution in [1.82, 2.24) is 25.2 Å². The number of fused-ring (bicyclic) bond motifs is 3. The van der Waals surface area contributed by atoms with E-state index in [1.165, 1.54) is 15.8 Å². The zero-order valence-corrected chi connectivity index (χ0v) is 18.6. The van der Waals surface area contributed by atoms with E-state index in [0.717, 1.165) is 22.3 Å². The molecule has 35 heavy (non-hydrogen) atoms. The van der Waals surface area contributed by atoms with Crippen LogP contribution in [-0.2, 0) is 27.4 Å². The predicted molar refractivity (Wildman–Crippen MR) is 121 cm³/mol. The van der Waals surface area contributed by atoms with Crippen molar-refractivity contribution in [3.05, 3.63) is 71.5 Å². The smallest absolute Gasteiger partial charge is 0.407 e. The Labute approximate surface area is 199 Å². The van der Waals surface area contributed by atoms with Crippen LogP contribution in [0.1, 0.15) is 22.7 Å². The third-order valence-corrected chi connectivity index (χ3v) is 6.30. The Morgan fingerprint density at radius 3 is 2.31 bits per heavy atom. The molecule has 0 radical (unpaired) electrons. The number of aliphatic hydroxyl groups is 1. The molecule has 1 aliphatic carbocycles. The van der Waals surface area contributed by atoms with Crippen LogP contribution < -0.4 is 5.32 Å². The summed E-state index contributed by atoms with van der Waals surface area (Å²) in [5.74, 6) is -1.79. The molecule has 180 valence electrons. The number of hydrogen-bond donors (Lipinski definition) is 3. The van der Waals surface area contributed by atoms with Crippen LogP contribution in [0.4, 0.5) is 4.79 Å². The quantitative estimate of drug-likeness (QED) is 0.456. The molecule has 1 aromatic heterocycles. The van der Waals surface area contributed by atoms with E-state index < -0.39 is 23.6 Å². The highest BCUT2D eigenvalue weighted by Gasteiger charge is 2.49. The number of carbonyl (C=O) groups is 3. The lowest BCUT2D eigenvalue weighted by molar-refractivity contribution is -0.182. The fourth-order valence-electron chi connectivity index (χ4n) is 4.44. The molecule has 2 aliphatic rings. The summed E-state index contributed by atoms with van der Waals surface area (Å²) in [6.07, 6.45) is 0.913. The monoisotopic (exact) mass is 477 g/mol. The molecule has 0 saturated carbocycles. The molecule has 0 unspecified atom stereocenters. The maximum Gasteiger partial charge on any atom is 0.407 e. The Morgan fingerprint density at radius 1 is 1.06 bits per heavy atom. The predicted octanol–water partition coefficient (Wildman–Crippen LogP) is 0.975. The third kappa shape index (κ3) is 4.33. The van der Waals surface area contributed by atoms with Gasteiger partial charge in [-0.05, 0) is 22.3 Å². The van der Waals surface area contributed by atoms with Crippen molar-refractivity contribution in [2.45, 2.75) is 24.6 Å². The molecule has 0 spiro atoms. The number of nitrogens with one attached hydrogen (secondary N) is 1. The summed E-state index contributed by atoms with van der Waals surface area (Å²) >= 11 is 0. The van der Waals surface area contributed by atoms with Crippen molar-refractivity contribution in [2.75, 3.05) is 19.7 Å². The number of nitrogens with zero attached hydrogens (tertiary/aromatic N) is 4. The number of carboxylic acid groups (broad SMARTS) is 1. The van der Waals surface area contributed by atoms with Gasteiger partial charge in [-0.3, -0.25) is 4.79 Å². The topological polar surface area (TPSA) is 147 Å². The first-order valence-electron chi connectivity index (χ1n) is 11.1. The molecule has 3 N–H and O–H groups in total. The van der Waals surface area contributed by atoms with Crippen molar-refractivity contribution < 1.29 is 29.3 Å². The van der Waals surface area contributed by atoms with Crippen LogP contribution in [0.25, 0.3) is 11.1 Å². The van der Waals surface area contributed by atoms with Gasteiger partial charge in [0.2, 0.25) is 5.91 Å². The number of β-amino-alcohol motifs (C(OH)–C–C–N with tert-alkyl or cyclic N) is 1. The van der Waals surface area contributed by atoms with E-state index in [2.05, 4.69) is 27.8 Å². The lowest BCUT2D eigenvalue weighted by Gasteiger charge is -2.43. The molecule has 11 heteroatoms. The molecule has 2 amide bonds. The number of alkyl carbamates (subject to hydrolysis) is 1. The number of aliphatic carboxylic acids is 1. The molecule has 1 saturated heterocycles. The molecular weight excluding hydrogens is 454 g/mol. The van der Waals surface area contributed by atoms with E-state index in [4.69, 9.17) is 9.84 Å². The largest absolute Gasteiger partial charge is 0.479 e. The summed E-state index contributed by atoms with van der Waals surface area (Å²) in [6, 6.07) is 16.2. The Kier molecular flexibility index (Phi) is 5.69. The molecule has 2 aromatic carbocycles. The van der Waals surface area contributed by atoms with Gasteiger partial charge in [0.1, 0.15) is 18.8 Å². The number of carboxylic acids is 1. The minimum atomic E-state index is -1.89. The highest BCUT2D eigenvalue weighted by Crippen LogP contribution is 2.44. The second kappa shape index (κ2) is 8.84. The lowest BCUT2D eigenvalue weighted by Crippen LogP contribution is -2.67. The fourth-order valence-corrected chi connectivity index (χ4v) is 4.44. The minimum absolute atomic E-state index is 0.0414. The summed E-state index contributed by atoms with van der Waals surface area (Å²) in [5, 5.41) is 29.1. The molecule has 1 fully saturated rings. The van der Waals surface area contributed by atoms with Gasteiger partial charge in [-0.2, -0.15) is 0 Å². The van der Waals surface area contributed by atoms with Crippen LogP contribution in [0.3, 0.4) is 0 Å². The highest BCUT2D eigenvalue weighted by atomic mass is 16.5. The first-order valence-corrected chi connectivity index (χ1v) is 11.1. The van der Waals surface area contributed by atoms with Crippen LogP contribution in [0.15, 0.2) is 54.7 Å². The highest BCUT2D eigenvalue weighted by molar-refractivity contribution is 5.85. The molecule has 3 aromatic rings. The first kappa shape index (κ1) is 22.5. The number of amides is 2.